The summed E-state index contributed by atoms with van der Waals surface area (Å²) in [5.74, 6) is 1.95. The molecule has 1 aromatic carbocycles. The molecule has 1 amide bonds. The maximum Gasteiger partial charge on any atom is 0.256 e. The van der Waals surface area contributed by atoms with Gasteiger partial charge in [-0.15, -0.1) is 5.10 Å². The van der Waals surface area contributed by atoms with Crippen LogP contribution in [-0.4, -0.2) is 32.2 Å². The van der Waals surface area contributed by atoms with E-state index in [2.05, 4.69) is 20.4 Å². The van der Waals surface area contributed by atoms with Crippen molar-refractivity contribution >= 4 is 11.7 Å². The fourth-order valence-electron chi connectivity index (χ4n) is 3.56. The molecule has 3 aromatic rings. The number of nitrogens with one attached hydrogen (secondary N) is 1. The first-order valence-corrected chi connectivity index (χ1v) is 9.14. The summed E-state index contributed by atoms with van der Waals surface area (Å²) in [5.41, 5.74) is 9.05. The highest BCUT2D eigenvalue weighted by molar-refractivity contribution is 6.03. The molecular formula is C20H22N6O. The SMILES string of the molecule is Cc1nccc(-n2ccc(NC(=O)c3ccc4c(c3)C(CN)CCC4)n2)n1. The molecule has 3 N–H and O–H groups in total. The molecular weight excluding hydrogens is 340 g/mol. The lowest BCUT2D eigenvalue weighted by atomic mass is 9.82. The van der Waals surface area contributed by atoms with Gasteiger partial charge in [-0.3, -0.25) is 4.79 Å². The number of carbonyl (C=O) groups excluding carboxylic acids is 1. The van der Waals surface area contributed by atoms with Gasteiger partial charge in [0.2, 0.25) is 0 Å². The van der Waals surface area contributed by atoms with Gasteiger partial charge in [-0.2, -0.15) is 0 Å². The summed E-state index contributed by atoms with van der Waals surface area (Å²) in [6.07, 6.45) is 6.72. The first kappa shape index (κ1) is 17.4. The Morgan fingerprint density at radius 1 is 1.33 bits per heavy atom. The Balaban J connectivity index is 1.53. The summed E-state index contributed by atoms with van der Waals surface area (Å²) in [6, 6.07) is 9.41. The Bertz CT molecular complexity index is 980. The Hall–Kier alpha value is -3.06. The van der Waals surface area contributed by atoms with Gasteiger partial charge in [0.05, 0.1) is 0 Å². The zero-order valence-electron chi connectivity index (χ0n) is 15.2. The van der Waals surface area contributed by atoms with E-state index in [9.17, 15) is 4.79 Å². The number of aryl methyl sites for hydroxylation is 2. The summed E-state index contributed by atoms with van der Waals surface area (Å²) in [5, 5.41) is 7.24. The molecule has 1 aliphatic rings. The Labute approximate surface area is 157 Å². The molecule has 0 bridgehead atoms. The molecule has 4 rings (SSSR count). The zero-order chi connectivity index (χ0) is 18.8. The molecule has 1 atom stereocenters. The third-order valence-electron chi connectivity index (χ3n) is 4.96. The maximum atomic E-state index is 12.7. The lowest BCUT2D eigenvalue weighted by Gasteiger charge is -2.24. The van der Waals surface area contributed by atoms with Gasteiger partial charge < -0.3 is 11.1 Å². The zero-order valence-corrected chi connectivity index (χ0v) is 15.2. The number of anilines is 1. The van der Waals surface area contributed by atoms with Crippen LogP contribution in [0.5, 0.6) is 0 Å². The van der Waals surface area contributed by atoms with Crippen LogP contribution in [0.15, 0.2) is 42.7 Å². The van der Waals surface area contributed by atoms with E-state index in [1.807, 2.05) is 25.1 Å². The molecule has 0 spiro atoms. The molecule has 0 aliphatic heterocycles. The van der Waals surface area contributed by atoms with Crippen LogP contribution in [0.2, 0.25) is 0 Å². The standard InChI is InChI=1S/C20H22N6O/c1-13-22-9-7-19(23-13)26-10-8-18(25-26)24-20(27)15-6-5-14-3-2-4-16(12-21)17(14)11-15/h5-11,16H,2-4,12,21H2,1H3,(H,24,25,27). The van der Waals surface area contributed by atoms with Crippen LogP contribution < -0.4 is 11.1 Å². The molecule has 0 radical (unpaired) electrons. The highest BCUT2D eigenvalue weighted by Gasteiger charge is 2.20. The van der Waals surface area contributed by atoms with Crippen molar-refractivity contribution in [1.29, 1.82) is 0 Å². The first-order chi connectivity index (χ1) is 13.1. The van der Waals surface area contributed by atoms with Gasteiger partial charge in [-0.1, -0.05) is 6.07 Å². The number of hydrogen-bond donors (Lipinski definition) is 2. The lowest BCUT2D eigenvalue weighted by Crippen LogP contribution is -2.20. The number of nitrogens with zero attached hydrogens (tertiary/aromatic N) is 4. The molecule has 0 saturated heterocycles. The van der Waals surface area contributed by atoms with Crippen molar-refractivity contribution in [3.8, 4) is 5.82 Å². The minimum Gasteiger partial charge on any atom is -0.330 e. The normalized spacial score (nSPS) is 16.0. The number of carbonyl (C=O) groups is 1. The van der Waals surface area contributed by atoms with Crippen molar-refractivity contribution in [3.63, 3.8) is 0 Å². The van der Waals surface area contributed by atoms with Gasteiger partial charge in [0.1, 0.15) is 5.82 Å². The molecule has 1 aliphatic carbocycles. The average molecular weight is 362 g/mol. The van der Waals surface area contributed by atoms with E-state index in [1.165, 1.54) is 11.1 Å². The van der Waals surface area contributed by atoms with Gasteiger partial charge >= 0.3 is 0 Å². The van der Waals surface area contributed by atoms with Crippen molar-refractivity contribution in [2.24, 2.45) is 5.73 Å². The van der Waals surface area contributed by atoms with Crippen LogP contribution in [0.1, 0.15) is 46.1 Å². The summed E-state index contributed by atoms with van der Waals surface area (Å²) in [4.78, 5) is 21.1. The predicted octanol–water partition coefficient (Wildman–Crippen LogP) is 2.60. The van der Waals surface area contributed by atoms with E-state index in [1.54, 1.807) is 29.2 Å². The minimum absolute atomic E-state index is 0.178. The van der Waals surface area contributed by atoms with Crippen LogP contribution in [0.4, 0.5) is 5.82 Å². The van der Waals surface area contributed by atoms with E-state index in [-0.39, 0.29) is 5.91 Å². The topological polar surface area (TPSA) is 98.7 Å². The van der Waals surface area contributed by atoms with Crippen molar-refractivity contribution < 1.29 is 4.79 Å². The fraction of sp³-hybridized carbons (Fsp3) is 0.300. The summed E-state index contributed by atoms with van der Waals surface area (Å²) >= 11 is 0. The van der Waals surface area contributed by atoms with Crippen LogP contribution in [0, 0.1) is 6.92 Å². The molecule has 2 heterocycles. The molecule has 2 aromatic heterocycles. The third kappa shape index (κ3) is 3.59. The van der Waals surface area contributed by atoms with Crippen LogP contribution in [-0.2, 0) is 6.42 Å². The second kappa shape index (κ2) is 7.28. The highest BCUT2D eigenvalue weighted by atomic mass is 16.1. The quantitative estimate of drug-likeness (QED) is 0.743. The molecule has 0 fully saturated rings. The van der Waals surface area contributed by atoms with Crippen LogP contribution >= 0.6 is 0 Å². The molecule has 0 saturated carbocycles. The Kier molecular flexibility index (Phi) is 4.68. The number of nitrogens with two attached hydrogens (primary N) is 1. The fourth-order valence-corrected chi connectivity index (χ4v) is 3.56. The maximum absolute atomic E-state index is 12.7. The average Bonchev–Trinajstić information content (AvgIpc) is 3.15. The van der Waals surface area contributed by atoms with Crippen molar-refractivity contribution in [1.82, 2.24) is 19.7 Å². The molecule has 7 heteroatoms. The Morgan fingerprint density at radius 3 is 3.04 bits per heavy atom. The number of amides is 1. The lowest BCUT2D eigenvalue weighted by molar-refractivity contribution is 0.102. The van der Waals surface area contributed by atoms with Crippen LogP contribution in [0.25, 0.3) is 5.82 Å². The number of hydrogen-bond acceptors (Lipinski definition) is 5. The summed E-state index contributed by atoms with van der Waals surface area (Å²) in [6.45, 7) is 2.43. The smallest absolute Gasteiger partial charge is 0.256 e. The van der Waals surface area contributed by atoms with Crippen molar-refractivity contribution in [3.05, 3.63) is 65.2 Å². The Morgan fingerprint density at radius 2 is 2.22 bits per heavy atom. The second-order valence-corrected chi connectivity index (χ2v) is 6.80. The van der Waals surface area contributed by atoms with Gasteiger partial charge in [0.15, 0.2) is 11.6 Å². The number of benzene rings is 1. The number of fused-ring (bicyclic) bond motifs is 1. The van der Waals surface area contributed by atoms with Crippen LogP contribution in [0.3, 0.4) is 0 Å². The van der Waals surface area contributed by atoms with Gasteiger partial charge in [0.25, 0.3) is 5.91 Å². The predicted molar refractivity (Wildman–Crippen MR) is 103 cm³/mol. The number of rotatable bonds is 4. The minimum atomic E-state index is -0.178. The largest absolute Gasteiger partial charge is 0.330 e. The van der Waals surface area contributed by atoms with Gasteiger partial charge in [0, 0.05) is 30.1 Å². The molecule has 27 heavy (non-hydrogen) atoms. The highest BCUT2D eigenvalue weighted by Crippen LogP contribution is 2.31. The van der Waals surface area contributed by atoms with E-state index < -0.39 is 0 Å². The molecule has 1 unspecified atom stereocenters. The van der Waals surface area contributed by atoms with E-state index in [0.29, 0.717) is 35.5 Å². The molecule has 138 valence electrons. The molecule has 7 nitrogen and oxygen atoms in total. The van der Waals surface area contributed by atoms with E-state index >= 15 is 0 Å². The second-order valence-electron chi connectivity index (χ2n) is 6.80. The first-order valence-electron chi connectivity index (χ1n) is 9.14. The third-order valence-corrected chi connectivity index (χ3v) is 4.96. The van der Waals surface area contributed by atoms with E-state index in [0.717, 1.165) is 19.3 Å². The van der Waals surface area contributed by atoms with Crippen molar-refractivity contribution in [2.45, 2.75) is 32.1 Å². The van der Waals surface area contributed by atoms with Gasteiger partial charge in [-0.25, -0.2) is 14.6 Å². The number of aromatic nitrogens is 4. The summed E-state index contributed by atoms with van der Waals surface area (Å²) < 4.78 is 1.61. The van der Waals surface area contributed by atoms with E-state index in [4.69, 9.17) is 5.73 Å². The van der Waals surface area contributed by atoms with Gasteiger partial charge in [-0.05, 0) is 61.9 Å². The van der Waals surface area contributed by atoms with Crippen molar-refractivity contribution in [2.75, 3.05) is 11.9 Å². The summed E-state index contributed by atoms with van der Waals surface area (Å²) in [7, 11) is 0. The monoisotopic (exact) mass is 362 g/mol.